The summed E-state index contributed by atoms with van der Waals surface area (Å²) in [5.41, 5.74) is 9.00. The lowest BCUT2D eigenvalue weighted by atomic mass is 10.1. The molecule has 1 aliphatic rings. The molecule has 0 radical (unpaired) electrons. The fourth-order valence-corrected chi connectivity index (χ4v) is 5.54. The minimum absolute atomic E-state index is 0.284. The summed E-state index contributed by atoms with van der Waals surface area (Å²) in [5, 5.41) is 8.43. The second-order valence-corrected chi connectivity index (χ2v) is 9.55. The molecule has 1 fully saturated rings. The highest BCUT2D eigenvalue weighted by atomic mass is 79.9. The van der Waals surface area contributed by atoms with E-state index in [2.05, 4.69) is 41.1 Å². The average Bonchev–Trinajstić information content (AvgIpc) is 3.41. The maximum absolute atomic E-state index is 12.6. The fourth-order valence-electron chi connectivity index (χ4n) is 3.84. The Bertz CT molecular complexity index is 1320. The van der Waals surface area contributed by atoms with Gasteiger partial charge >= 0.3 is 6.36 Å². The van der Waals surface area contributed by atoms with Crippen LogP contribution in [-0.4, -0.2) is 39.2 Å². The summed E-state index contributed by atoms with van der Waals surface area (Å²) in [6, 6.07) is 4.79. The van der Waals surface area contributed by atoms with Crippen LogP contribution in [0.4, 0.5) is 19.0 Å². The molecule has 33 heavy (non-hydrogen) atoms. The van der Waals surface area contributed by atoms with Gasteiger partial charge in [0, 0.05) is 34.1 Å². The van der Waals surface area contributed by atoms with Crippen molar-refractivity contribution in [2.45, 2.75) is 25.2 Å². The van der Waals surface area contributed by atoms with E-state index in [-0.39, 0.29) is 11.6 Å². The van der Waals surface area contributed by atoms with Crippen LogP contribution in [0.15, 0.2) is 41.3 Å². The Hall–Kier alpha value is -2.70. The zero-order chi connectivity index (χ0) is 23.2. The summed E-state index contributed by atoms with van der Waals surface area (Å²) in [6.45, 7) is 1.94. The van der Waals surface area contributed by atoms with Gasteiger partial charge in [-0.3, -0.25) is 4.68 Å². The number of fused-ring (bicyclic) bond motifs is 1. The summed E-state index contributed by atoms with van der Waals surface area (Å²) in [6.07, 6.45) is 2.75. The number of benzene rings is 1. The lowest BCUT2D eigenvalue weighted by Gasteiger charge is -2.22. The average molecular weight is 539 g/mol. The van der Waals surface area contributed by atoms with E-state index < -0.39 is 6.36 Å². The first kappa shape index (κ1) is 22.1. The number of hydrogen-bond donors (Lipinski definition) is 2. The minimum Gasteiger partial charge on any atom is -0.406 e. The van der Waals surface area contributed by atoms with Gasteiger partial charge in [-0.05, 0) is 54.0 Å². The molecule has 12 heteroatoms. The predicted molar refractivity (Wildman–Crippen MR) is 124 cm³/mol. The molecule has 0 unspecified atom stereocenters. The number of thiazole rings is 1. The fraction of sp³-hybridized carbons (Fsp3) is 0.286. The molecule has 1 aliphatic heterocycles. The van der Waals surface area contributed by atoms with Crippen molar-refractivity contribution in [3.05, 3.63) is 41.3 Å². The van der Waals surface area contributed by atoms with Crippen molar-refractivity contribution in [2.75, 3.05) is 18.8 Å². The first-order chi connectivity index (χ1) is 15.8. The van der Waals surface area contributed by atoms with Crippen LogP contribution in [0.3, 0.4) is 0 Å². The Kier molecular flexibility index (Phi) is 5.75. The van der Waals surface area contributed by atoms with Crippen LogP contribution in [0.1, 0.15) is 18.9 Å². The van der Waals surface area contributed by atoms with E-state index >= 15 is 0 Å². The van der Waals surface area contributed by atoms with Crippen molar-refractivity contribution >= 4 is 43.3 Å². The van der Waals surface area contributed by atoms with Crippen molar-refractivity contribution in [3.8, 4) is 27.4 Å². The molecule has 172 valence electrons. The number of ether oxygens (including phenoxy) is 1. The van der Waals surface area contributed by atoms with E-state index in [9.17, 15) is 13.2 Å². The maximum atomic E-state index is 12.6. The molecule has 3 N–H and O–H groups in total. The summed E-state index contributed by atoms with van der Waals surface area (Å²) in [5.74, 6) is -0.0336. The number of hydrogen-bond acceptors (Lipinski definition) is 7. The van der Waals surface area contributed by atoms with E-state index in [0.29, 0.717) is 31.3 Å². The van der Waals surface area contributed by atoms with Gasteiger partial charge < -0.3 is 15.8 Å². The van der Waals surface area contributed by atoms with Gasteiger partial charge in [-0.1, -0.05) is 0 Å². The largest absolute Gasteiger partial charge is 0.573 e. The van der Waals surface area contributed by atoms with E-state index in [1.807, 2.05) is 16.9 Å². The van der Waals surface area contributed by atoms with Crippen molar-refractivity contribution in [3.63, 3.8) is 0 Å². The molecule has 1 saturated heterocycles. The zero-order valence-corrected chi connectivity index (χ0v) is 19.5. The molecular formula is C21H18BrF3N6OS. The highest BCUT2D eigenvalue weighted by Crippen LogP contribution is 2.40. The van der Waals surface area contributed by atoms with Gasteiger partial charge in [-0.25, -0.2) is 9.97 Å². The number of halogens is 4. The van der Waals surface area contributed by atoms with E-state index in [0.717, 1.165) is 37.1 Å². The van der Waals surface area contributed by atoms with Gasteiger partial charge in [0.15, 0.2) is 0 Å². The summed E-state index contributed by atoms with van der Waals surface area (Å²) in [4.78, 5) is 8.91. The molecule has 7 nitrogen and oxygen atoms in total. The smallest absolute Gasteiger partial charge is 0.406 e. The van der Waals surface area contributed by atoms with Gasteiger partial charge in [0.2, 0.25) is 0 Å². The molecule has 0 bridgehead atoms. The normalized spacial score (nSPS) is 15.3. The Balaban J connectivity index is 1.49. The van der Waals surface area contributed by atoms with Crippen LogP contribution in [0, 0.1) is 0 Å². The topological polar surface area (TPSA) is 90.9 Å². The van der Waals surface area contributed by atoms with Crippen molar-refractivity contribution in [2.24, 2.45) is 0 Å². The lowest BCUT2D eigenvalue weighted by Crippen LogP contribution is -2.29. The summed E-state index contributed by atoms with van der Waals surface area (Å²) < 4.78 is 44.9. The van der Waals surface area contributed by atoms with Crippen molar-refractivity contribution in [1.29, 1.82) is 0 Å². The number of pyridine rings is 1. The Morgan fingerprint density at radius 2 is 1.94 bits per heavy atom. The third-order valence-electron chi connectivity index (χ3n) is 5.42. The van der Waals surface area contributed by atoms with Crippen molar-refractivity contribution < 1.29 is 17.9 Å². The molecule has 0 saturated carbocycles. The number of anilines is 1. The summed E-state index contributed by atoms with van der Waals surface area (Å²) >= 11 is 4.50. The molecule has 0 aliphatic carbocycles. The van der Waals surface area contributed by atoms with Gasteiger partial charge in [0.25, 0.3) is 0 Å². The number of rotatable bonds is 4. The van der Waals surface area contributed by atoms with Crippen LogP contribution in [0.5, 0.6) is 5.75 Å². The Morgan fingerprint density at radius 3 is 2.70 bits per heavy atom. The van der Waals surface area contributed by atoms with E-state index in [4.69, 9.17) is 5.73 Å². The first-order valence-electron chi connectivity index (χ1n) is 10.1. The molecule has 5 rings (SSSR count). The highest BCUT2D eigenvalue weighted by Gasteiger charge is 2.31. The van der Waals surface area contributed by atoms with Crippen molar-refractivity contribution in [1.82, 2.24) is 25.1 Å². The molecule has 0 amide bonds. The third kappa shape index (κ3) is 4.68. The molecule has 0 spiro atoms. The van der Waals surface area contributed by atoms with Crippen LogP contribution < -0.4 is 15.8 Å². The van der Waals surface area contributed by atoms with E-state index in [1.54, 1.807) is 12.4 Å². The molecule has 1 aromatic carbocycles. The Labute approximate surface area is 198 Å². The Morgan fingerprint density at radius 1 is 1.15 bits per heavy atom. The standard InChI is InChI=1S/C21H18BrF3N6OS/c22-16-6-14(32-21(23,24)25)7-17-18(16)30-20(33-17)15-5-11(8-28-19(15)26)12-9-29-31(10-12)13-1-3-27-4-2-13/h5-10,13,27H,1-4H2,(H2,26,28). The summed E-state index contributed by atoms with van der Waals surface area (Å²) in [7, 11) is 0. The van der Waals surface area contributed by atoms with Crippen LogP contribution in [-0.2, 0) is 0 Å². The zero-order valence-electron chi connectivity index (χ0n) is 17.1. The number of piperidine rings is 1. The number of nitrogen functional groups attached to an aromatic ring is 1. The monoisotopic (exact) mass is 538 g/mol. The number of nitrogens with zero attached hydrogens (tertiary/aromatic N) is 4. The van der Waals surface area contributed by atoms with E-state index in [1.165, 1.54) is 23.5 Å². The molecule has 4 heterocycles. The molecule has 0 atom stereocenters. The lowest BCUT2D eigenvalue weighted by molar-refractivity contribution is -0.274. The van der Waals surface area contributed by atoms with Crippen LogP contribution in [0.25, 0.3) is 31.9 Å². The predicted octanol–water partition coefficient (Wildman–Crippen LogP) is 5.39. The molecular weight excluding hydrogens is 521 g/mol. The van der Waals surface area contributed by atoms with Gasteiger partial charge in [0.1, 0.15) is 16.6 Å². The SMILES string of the molecule is Nc1ncc(-c2cnn(C3CCNCC3)c2)cc1-c1nc2c(Br)cc(OC(F)(F)F)cc2s1. The number of nitrogens with one attached hydrogen (secondary N) is 1. The second-order valence-electron chi connectivity index (χ2n) is 7.67. The molecule has 3 aromatic heterocycles. The third-order valence-corrected chi connectivity index (χ3v) is 7.06. The minimum atomic E-state index is -4.78. The van der Waals surface area contributed by atoms with Crippen LogP contribution in [0.2, 0.25) is 0 Å². The van der Waals surface area contributed by atoms with Gasteiger partial charge in [0.05, 0.1) is 28.0 Å². The number of aromatic nitrogens is 4. The van der Waals surface area contributed by atoms with Gasteiger partial charge in [-0.15, -0.1) is 24.5 Å². The molecule has 4 aromatic rings. The van der Waals surface area contributed by atoms with Gasteiger partial charge in [-0.2, -0.15) is 5.10 Å². The highest BCUT2D eigenvalue weighted by molar-refractivity contribution is 9.10. The number of alkyl halides is 3. The van der Waals surface area contributed by atoms with Crippen LogP contribution >= 0.6 is 27.3 Å². The number of nitrogens with two attached hydrogens (primary N) is 1. The second kappa shape index (κ2) is 8.58. The maximum Gasteiger partial charge on any atom is 0.573 e. The first-order valence-corrected chi connectivity index (χ1v) is 11.7. The quantitative estimate of drug-likeness (QED) is 0.362.